The molecule has 0 fully saturated rings. The van der Waals surface area contributed by atoms with Gasteiger partial charge in [-0.15, -0.1) is 0 Å². The van der Waals surface area contributed by atoms with Crippen molar-refractivity contribution in [2.75, 3.05) is 0 Å². The number of nitrogens with zero attached hydrogens (tertiary/aromatic N) is 3. The van der Waals surface area contributed by atoms with Crippen LogP contribution in [0.4, 0.5) is 5.69 Å². The fourth-order valence-electron chi connectivity index (χ4n) is 1.56. The molecule has 8 heteroatoms. The second kappa shape index (κ2) is 5.60. The number of hydrogen-bond acceptors (Lipinski definition) is 5. The number of aryl methyl sites for hydroxylation is 2. The van der Waals surface area contributed by atoms with E-state index in [2.05, 4.69) is 9.97 Å². The van der Waals surface area contributed by atoms with Crippen molar-refractivity contribution in [3.63, 3.8) is 0 Å². The Balaban J connectivity index is 2.42. The van der Waals surface area contributed by atoms with Crippen LogP contribution in [0.3, 0.4) is 0 Å². The molecule has 0 atom stereocenters. The molecule has 0 N–H and O–H groups in total. The van der Waals surface area contributed by atoms with E-state index in [-0.39, 0.29) is 27.5 Å². The van der Waals surface area contributed by atoms with E-state index in [0.29, 0.717) is 11.4 Å². The average molecular weight is 314 g/mol. The summed E-state index contributed by atoms with van der Waals surface area (Å²) in [4.78, 5) is 18.2. The van der Waals surface area contributed by atoms with Gasteiger partial charge in [0.25, 0.3) is 5.69 Å². The molecule has 0 bridgehead atoms. The molecule has 104 valence electrons. The van der Waals surface area contributed by atoms with Gasteiger partial charge in [0.2, 0.25) is 5.88 Å². The molecule has 0 unspecified atom stereocenters. The maximum Gasteiger partial charge on any atom is 0.291 e. The summed E-state index contributed by atoms with van der Waals surface area (Å²) in [5, 5.41) is 11.1. The fraction of sp³-hybridized carbons (Fsp3) is 0.167. The minimum atomic E-state index is -0.577. The molecule has 0 amide bonds. The highest BCUT2D eigenvalue weighted by Crippen LogP contribution is 2.34. The molecule has 1 aromatic carbocycles. The lowest BCUT2D eigenvalue weighted by atomic mass is 10.2. The summed E-state index contributed by atoms with van der Waals surface area (Å²) in [5.41, 5.74) is 0.414. The van der Waals surface area contributed by atoms with Gasteiger partial charge < -0.3 is 4.74 Å². The Morgan fingerprint density at radius 3 is 2.50 bits per heavy atom. The summed E-state index contributed by atoms with van der Waals surface area (Å²) >= 11 is 11.6. The molecule has 1 heterocycles. The SMILES string of the molecule is Cc1nc(Cl)cc(Oc2cc([N+](=O)[O-])c(Cl)cc2C)n1. The highest BCUT2D eigenvalue weighted by molar-refractivity contribution is 6.32. The van der Waals surface area contributed by atoms with Gasteiger partial charge in [0, 0.05) is 6.07 Å². The highest BCUT2D eigenvalue weighted by atomic mass is 35.5. The normalized spacial score (nSPS) is 10.4. The number of nitro benzene ring substituents is 1. The lowest BCUT2D eigenvalue weighted by molar-refractivity contribution is -0.384. The van der Waals surface area contributed by atoms with Gasteiger partial charge in [0.05, 0.1) is 11.0 Å². The summed E-state index contributed by atoms with van der Waals surface area (Å²) < 4.78 is 5.52. The van der Waals surface area contributed by atoms with E-state index in [4.69, 9.17) is 27.9 Å². The predicted octanol–water partition coefficient (Wildman–Crippen LogP) is 4.10. The zero-order chi connectivity index (χ0) is 14.9. The molecule has 0 spiro atoms. The van der Waals surface area contributed by atoms with Crippen LogP contribution in [0.2, 0.25) is 10.2 Å². The molecule has 0 aliphatic carbocycles. The lowest BCUT2D eigenvalue weighted by Gasteiger charge is -2.09. The molecule has 0 aliphatic heterocycles. The quantitative estimate of drug-likeness (QED) is 0.484. The largest absolute Gasteiger partial charge is 0.438 e. The van der Waals surface area contributed by atoms with Crippen molar-refractivity contribution in [1.82, 2.24) is 9.97 Å². The molecule has 0 saturated heterocycles. The van der Waals surface area contributed by atoms with Crippen LogP contribution in [0.5, 0.6) is 11.6 Å². The summed E-state index contributed by atoms with van der Waals surface area (Å²) in [6, 6.07) is 4.14. The van der Waals surface area contributed by atoms with Gasteiger partial charge in [-0.25, -0.2) is 4.98 Å². The van der Waals surface area contributed by atoms with E-state index < -0.39 is 4.92 Å². The maximum atomic E-state index is 10.9. The number of halogens is 2. The number of benzene rings is 1. The predicted molar refractivity (Wildman–Crippen MR) is 74.7 cm³/mol. The van der Waals surface area contributed by atoms with Crippen molar-refractivity contribution in [2.45, 2.75) is 13.8 Å². The molecular formula is C12H9Cl2N3O3. The van der Waals surface area contributed by atoms with E-state index in [1.54, 1.807) is 13.8 Å². The van der Waals surface area contributed by atoms with Gasteiger partial charge in [-0.3, -0.25) is 10.1 Å². The Hall–Kier alpha value is -1.92. The van der Waals surface area contributed by atoms with Crippen LogP contribution in [0.15, 0.2) is 18.2 Å². The summed E-state index contributed by atoms with van der Waals surface area (Å²) in [5.74, 6) is 0.936. The van der Waals surface area contributed by atoms with Crippen molar-refractivity contribution >= 4 is 28.9 Å². The van der Waals surface area contributed by atoms with E-state index in [1.165, 1.54) is 18.2 Å². The van der Waals surface area contributed by atoms with Gasteiger partial charge >= 0.3 is 0 Å². The Morgan fingerprint density at radius 2 is 1.90 bits per heavy atom. The molecule has 6 nitrogen and oxygen atoms in total. The van der Waals surface area contributed by atoms with Crippen molar-refractivity contribution in [3.05, 3.63) is 49.9 Å². The molecule has 1 aromatic heterocycles. The van der Waals surface area contributed by atoms with Gasteiger partial charge in [-0.2, -0.15) is 4.98 Å². The number of aromatic nitrogens is 2. The van der Waals surface area contributed by atoms with Crippen LogP contribution in [0, 0.1) is 24.0 Å². The summed E-state index contributed by atoms with van der Waals surface area (Å²) in [6.45, 7) is 3.39. The van der Waals surface area contributed by atoms with Crippen molar-refractivity contribution < 1.29 is 9.66 Å². The summed E-state index contributed by atoms with van der Waals surface area (Å²) in [7, 11) is 0. The molecule has 2 rings (SSSR count). The minimum Gasteiger partial charge on any atom is -0.438 e. The van der Waals surface area contributed by atoms with Crippen molar-refractivity contribution in [2.24, 2.45) is 0 Å². The zero-order valence-electron chi connectivity index (χ0n) is 10.6. The number of rotatable bonds is 3. The van der Waals surface area contributed by atoms with Crippen molar-refractivity contribution in [1.29, 1.82) is 0 Å². The Morgan fingerprint density at radius 1 is 1.20 bits per heavy atom. The average Bonchev–Trinajstić information content (AvgIpc) is 2.30. The Kier molecular flexibility index (Phi) is 4.06. The smallest absolute Gasteiger partial charge is 0.291 e. The van der Waals surface area contributed by atoms with Gasteiger partial charge in [0.15, 0.2) is 0 Å². The van der Waals surface area contributed by atoms with Crippen LogP contribution < -0.4 is 4.74 Å². The third-order valence-electron chi connectivity index (χ3n) is 2.44. The first kappa shape index (κ1) is 14.5. The molecule has 0 radical (unpaired) electrons. The second-order valence-electron chi connectivity index (χ2n) is 4.00. The molecule has 0 saturated carbocycles. The first-order valence-electron chi connectivity index (χ1n) is 5.50. The fourth-order valence-corrected chi connectivity index (χ4v) is 2.07. The number of nitro groups is 1. The topological polar surface area (TPSA) is 78.2 Å². The molecule has 0 aliphatic rings. The highest BCUT2D eigenvalue weighted by Gasteiger charge is 2.17. The van der Waals surface area contributed by atoms with Crippen LogP contribution >= 0.6 is 23.2 Å². The van der Waals surface area contributed by atoms with Crippen LogP contribution in [0.25, 0.3) is 0 Å². The first-order chi connectivity index (χ1) is 9.36. The molecule has 2 aromatic rings. The van der Waals surface area contributed by atoms with E-state index in [9.17, 15) is 10.1 Å². The zero-order valence-corrected chi connectivity index (χ0v) is 12.1. The van der Waals surface area contributed by atoms with Crippen molar-refractivity contribution in [3.8, 4) is 11.6 Å². The maximum absolute atomic E-state index is 10.9. The van der Waals surface area contributed by atoms with Crippen LogP contribution in [-0.2, 0) is 0 Å². The Bertz CT molecular complexity index is 672. The third-order valence-corrected chi connectivity index (χ3v) is 2.94. The molecule has 20 heavy (non-hydrogen) atoms. The van der Waals surface area contributed by atoms with E-state index in [0.717, 1.165) is 0 Å². The third kappa shape index (κ3) is 3.15. The van der Waals surface area contributed by atoms with Gasteiger partial charge in [-0.05, 0) is 25.5 Å². The monoisotopic (exact) mass is 313 g/mol. The van der Waals surface area contributed by atoms with E-state index >= 15 is 0 Å². The molecular weight excluding hydrogens is 305 g/mol. The Labute approximate surface area is 124 Å². The van der Waals surface area contributed by atoms with Gasteiger partial charge in [-0.1, -0.05) is 23.2 Å². The minimum absolute atomic E-state index is 0.0525. The summed E-state index contributed by atoms with van der Waals surface area (Å²) in [6.07, 6.45) is 0. The first-order valence-corrected chi connectivity index (χ1v) is 6.26. The van der Waals surface area contributed by atoms with Crippen LogP contribution in [-0.4, -0.2) is 14.9 Å². The number of hydrogen-bond donors (Lipinski definition) is 0. The van der Waals surface area contributed by atoms with E-state index in [1.807, 2.05) is 0 Å². The van der Waals surface area contributed by atoms with Gasteiger partial charge in [0.1, 0.15) is 21.7 Å². The standard InChI is InChI=1S/C12H9Cl2N3O3/c1-6-3-8(13)9(17(18)19)4-10(6)20-12-5-11(14)15-7(2)16-12/h3-5H,1-2H3. The lowest BCUT2D eigenvalue weighted by Crippen LogP contribution is -1.96. The second-order valence-corrected chi connectivity index (χ2v) is 4.80. The number of ether oxygens (including phenoxy) is 1. The van der Waals surface area contributed by atoms with Crippen LogP contribution in [0.1, 0.15) is 11.4 Å².